The highest BCUT2D eigenvalue weighted by Crippen LogP contribution is 2.22. The van der Waals surface area contributed by atoms with Crippen LogP contribution in [-0.4, -0.2) is 42.4 Å². The quantitative estimate of drug-likeness (QED) is 0.860. The largest absolute Gasteiger partial charge is 0.487 e. The smallest absolute Gasteiger partial charge is 0.183 e. The van der Waals surface area contributed by atoms with E-state index in [0.29, 0.717) is 0 Å². The van der Waals surface area contributed by atoms with Crippen molar-refractivity contribution >= 4 is 5.82 Å². The molecule has 1 aromatic rings. The number of pyridine rings is 1. The van der Waals surface area contributed by atoms with Gasteiger partial charge in [0.2, 0.25) is 0 Å². The van der Waals surface area contributed by atoms with Crippen LogP contribution in [0.1, 0.15) is 13.8 Å². The van der Waals surface area contributed by atoms with Gasteiger partial charge in [-0.05, 0) is 26.0 Å². The van der Waals surface area contributed by atoms with E-state index in [-0.39, 0.29) is 6.10 Å². The van der Waals surface area contributed by atoms with Gasteiger partial charge in [-0.15, -0.1) is 0 Å². The third kappa shape index (κ3) is 3.57. The van der Waals surface area contributed by atoms with Crippen molar-refractivity contribution in [1.29, 1.82) is 0 Å². The fraction of sp³-hybridized carbons (Fsp3) is 0.583. The van der Waals surface area contributed by atoms with Crippen LogP contribution in [0.25, 0.3) is 0 Å². The van der Waals surface area contributed by atoms with Crippen molar-refractivity contribution in [1.82, 2.24) is 9.99 Å². The Morgan fingerprint density at radius 1 is 1.41 bits per heavy atom. The number of aromatic nitrogens is 1. The first-order valence-corrected chi connectivity index (χ1v) is 5.97. The summed E-state index contributed by atoms with van der Waals surface area (Å²) in [7, 11) is 0. The number of ether oxygens (including phenoxy) is 2. The molecular weight excluding hydrogens is 218 g/mol. The Kier molecular flexibility index (Phi) is 4.17. The molecule has 5 nitrogen and oxygen atoms in total. The molecule has 1 aromatic heterocycles. The molecule has 94 valence electrons. The number of nitrogens with one attached hydrogen (secondary N) is 1. The van der Waals surface area contributed by atoms with Gasteiger partial charge < -0.3 is 9.47 Å². The summed E-state index contributed by atoms with van der Waals surface area (Å²) in [5.41, 5.74) is 3.27. The molecule has 17 heavy (non-hydrogen) atoms. The number of hydrogen-bond donors (Lipinski definition) is 1. The minimum absolute atomic E-state index is 0.143. The molecule has 1 aliphatic rings. The molecule has 1 N–H and O–H groups in total. The fourth-order valence-corrected chi connectivity index (χ4v) is 1.65. The molecule has 0 aliphatic carbocycles. The number of morpholine rings is 1. The van der Waals surface area contributed by atoms with Gasteiger partial charge in [0.05, 0.1) is 19.3 Å². The van der Waals surface area contributed by atoms with Gasteiger partial charge >= 0.3 is 0 Å². The summed E-state index contributed by atoms with van der Waals surface area (Å²) in [5, 5.41) is 2.10. The standard InChI is InChI=1S/C12H19N3O2/c1-10(2)17-11-4-3-5-13-12(11)14-15-6-8-16-9-7-15/h3-5,10H,6-9H2,1-2H3,(H,13,14). The molecule has 0 atom stereocenters. The summed E-state index contributed by atoms with van der Waals surface area (Å²) < 4.78 is 11.0. The van der Waals surface area contributed by atoms with E-state index >= 15 is 0 Å². The van der Waals surface area contributed by atoms with Crippen molar-refractivity contribution in [3.05, 3.63) is 18.3 Å². The van der Waals surface area contributed by atoms with E-state index in [0.717, 1.165) is 37.9 Å². The highest BCUT2D eigenvalue weighted by Gasteiger charge is 2.13. The van der Waals surface area contributed by atoms with E-state index in [1.807, 2.05) is 26.0 Å². The number of rotatable bonds is 4. The number of anilines is 1. The van der Waals surface area contributed by atoms with Crippen LogP contribution >= 0.6 is 0 Å². The molecule has 1 fully saturated rings. The summed E-state index contributed by atoms with van der Waals surface area (Å²) in [5.74, 6) is 1.55. The topological polar surface area (TPSA) is 46.6 Å². The SMILES string of the molecule is CC(C)Oc1cccnc1NN1CCOCC1. The average Bonchev–Trinajstić information content (AvgIpc) is 2.32. The van der Waals surface area contributed by atoms with Crippen LogP contribution in [0.15, 0.2) is 18.3 Å². The second-order valence-corrected chi connectivity index (χ2v) is 4.23. The maximum Gasteiger partial charge on any atom is 0.183 e. The van der Waals surface area contributed by atoms with E-state index in [1.165, 1.54) is 0 Å². The molecule has 0 amide bonds. The molecular formula is C12H19N3O2. The predicted molar refractivity (Wildman–Crippen MR) is 66.0 cm³/mol. The summed E-state index contributed by atoms with van der Waals surface area (Å²) in [4.78, 5) is 4.31. The molecule has 0 saturated carbocycles. The molecule has 0 unspecified atom stereocenters. The first kappa shape index (κ1) is 12.1. The summed E-state index contributed by atoms with van der Waals surface area (Å²) in [6, 6.07) is 3.80. The average molecular weight is 237 g/mol. The third-order valence-electron chi connectivity index (χ3n) is 2.41. The van der Waals surface area contributed by atoms with E-state index in [9.17, 15) is 0 Å². The minimum atomic E-state index is 0.143. The first-order valence-electron chi connectivity index (χ1n) is 5.97. The lowest BCUT2D eigenvalue weighted by Crippen LogP contribution is -2.40. The summed E-state index contributed by atoms with van der Waals surface area (Å²) >= 11 is 0. The van der Waals surface area contributed by atoms with Gasteiger partial charge in [0.15, 0.2) is 11.6 Å². The van der Waals surface area contributed by atoms with Gasteiger partial charge in [-0.1, -0.05) is 0 Å². The molecule has 0 bridgehead atoms. The van der Waals surface area contributed by atoms with Gasteiger partial charge in [0.1, 0.15) is 0 Å². The maximum atomic E-state index is 5.70. The van der Waals surface area contributed by atoms with Crippen LogP contribution in [-0.2, 0) is 4.74 Å². The molecule has 0 spiro atoms. The molecule has 0 radical (unpaired) electrons. The highest BCUT2D eigenvalue weighted by molar-refractivity contribution is 5.48. The normalized spacial score (nSPS) is 17.1. The van der Waals surface area contributed by atoms with Crippen LogP contribution in [0.2, 0.25) is 0 Å². The lowest BCUT2D eigenvalue weighted by molar-refractivity contribution is 0.0492. The van der Waals surface area contributed by atoms with E-state index < -0.39 is 0 Å². The zero-order chi connectivity index (χ0) is 12.1. The summed E-state index contributed by atoms with van der Waals surface area (Å²) in [6.45, 7) is 7.23. The Hall–Kier alpha value is -1.33. The Labute approximate surface area is 102 Å². The van der Waals surface area contributed by atoms with Crippen LogP contribution in [0, 0.1) is 0 Å². The molecule has 0 aromatic carbocycles. The Balaban J connectivity index is 2.03. The van der Waals surface area contributed by atoms with Crippen molar-refractivity contribution in [2.45, 2.75) is 20.0 Å². The predicted octanol–water partition coefficient (Wildman–Crippen LogP) is 1.53. The minimum Gasteiger partial charge on any atom is -0.487 e. The lowest BCUT2D eigenvalue weighted by Gasteiger charge is -2.28. The highest BCUT2D eigenvalue weighted by atomic mass is 16.5. The Morgan fingerprint density at radius 2 is 2.18 bits per heavy atom. The number of nitrogens with zero attached hydrogens (tertiary/aromatic N) is 2. The van der Waals surface area contributed by atoms with Crippen molar-refractivity contribution in [2.75, 3.05) is 31.7 Å². The van der Waals surface area contributed by atoms with E-state index in [4.69, 9.17) is 9.47 Å². The van der Waals surface area contributed by atoms with Crippen molar-refractivity contribution in [2.24, 2.45) is 0 Å². The molecule has 1 aliphatic heterocycles. The van der Waals surface area contributed by atoms with Crippen LogP contribution in [0.5, 0.6) is 5.75 Å². The Morgan fingerprint density at radius 3 is 2.88 bits per heavy atom. The van der Waals surface area contributed by atoms with E-state index in [2.05, 4.69) is 15.4 Å². The second kappa shape index (κ2) is 5.84. The first-order chi connectivity index (χ1) is 8.25. The van der Waals surface area contributed by atoms with Gasteiger partial charge in [-0.2, -0.15) is 0 Å². The van der Waals surface area contributed by atoms with Gasteiger partial charge in [-0.25, -0.2) is 9.99 Å². The van der Waals surface area contributed by atoms with Crippen LogP contribution in [0.3, 0.4) is 0 Å². The van der Waals surface area contributed by atoms with Crippen molar-refractivity contribution in [3.63, 3.8) is 0 Å². The van der Waals surface area contributed by atoms with Gasteiger partial charge in [0, 0.05) is 19.3 Å². The Bertz CT molecular complexity index is 351. The van der Waals surface area contributed by atoms with Crippen molar-refractivity contribution < 1.29 is 9.47 Å². The zero-order valence-corrected chi connectivity index (χ0v) is 10.3. The molecule has 2 rings (SSSR count). The summed E-state index contributed by atoms with van der Waals surface area (Å²) in [6.07, 6.45) is 1.90. The fourth-order valence-electron chi connectivity index (χ4n) is 1.65. The third-order valence-corrected chi connectivity index (χ3v) is 2.41. The number of hydrazine groups is 1. The van der Waals surface area contributed by atoms with Crippen LogP contribution in [0.4, 0.5) is 5.82 Å². The van der Waals surface area contributed by atoms with Gasteiger partial charge in [-0.3, -0.25) is 5.43 Å². The maximum absolute atomic E-state index is 5.70. The molecule has 5 heteroatoms. The monoisotopic (exact) mass is 237 g/mol. The van der Waals surface area contributed by atoms with Crippen molar-refractivity contribution in [3.8, 4) is 5.75 Å². The van der Waals surface area contributed by atoms with Crippen LogP contribution < -0.4 is 10.2 Å². The lowest BCUT2D eigenvalue weighted by atomic mass is 10.4. The molecule has 1 saturated heterocycles. The molecule has 2 heterocycles. The van der Waals surface area contributed by atoms with E-state index in [1.54, 1.807) is 6.20 Å². The second-order valence-electron chi connectivity index (χ2n) is 4.23. The zero-order valence-electron chi connectivity index (χ0n) is 10.3. The van der Waals surface area contributed by atoms with Gasteiger partial charge in [0.25, 0.3) is 0 Å². The number of hydrogen-bond acceptors (Lipinski definition) is 5.